The lowest BCUT2D eigenvalue weighted by Crippen LogP contribution is -2.40. The molecular weight excluding hydrogens is 1510 g/mol. The first-order chi connectivity index (χ1) is 54.5. The summed E-state index contributed by atoms with van der Waals surface area (Å²) < 4.78 is 97.2. The number of ether oxygens (including phenoxy) is 9. The highest BCUT2D eigenvalue weighted by Gasteiger charge is 2.43. The molecule has 0 aromatic heterocycles. The molecule has 0 radical (unpaired) electrons. The van der Waals surface area contributed by atoms with Crippen molar-refractivity contribution in [2.45, 2.75) is 108 Å². The molecule has 9 aromatic rings. The number of carbonyl (C=O) groups is 9. The number of aryl methyl sites for hydroxylation is 6. The number of hydrogen-bond donors (Lipinski definition) is 0. The van der Waals surface area contributed by atoms with E-state index in [9.17, 15) is 43.2 Å². The quantitative estimate of drug-likeness (QED) is 0.0114. The number of rotatable bonds is 39. The van der Waals surface area contributed by atoms with Crippen LogP contribution in [-0.4, -0.2) is 112 Å². The highest BCUT2D eigenvalue weighted by molar-refractivity contribution is 7.94. The minimum absolute atomic E-state index is 0.0339. The van der Waals surface area contributed by atoms with Crippen LogP contribution < -0.4 is 46.0 Å². The van der Waals surface area contributed by atoms with E-state index < -0.39 is 131 Å². The maximum Gasteiger partial charge on any atom is 0.320 e. The van der Waals surface area contributed by atoms with Crippen LogP contribution in [0, 0.1) is 73.6 Å². The Labute approximate surface area is 664 Å². The summed E-state index contributed by atoms with van der Waals surface area (Å²) in [6.07, 6.45) is -1.80. The lowest BCUT2D eigenvalue weighted by Gasteiger charge is -2.31. The molecule has 24 heteroatoms. The van der Waals surface area contributed by atoms with E-state index in [-0.39, 0.29) is 62.8 Å². The summed E-state index contributed by atoms with van der Waals surface area (Å²) in [6, 6.07) is 56.7. The van der Waals surface area contributed by atoms with Crippen molar-refractivity contribution in [1.29, 1.82) is 0 Å². The molecule has 0 aliphatic rings. The van der Waals surface area contributed by atoms with E-state index in [1.807, 2.05) is 0 Å². The molecular formula is C90H95O21P3. The first-order valence-electron chi connectivity index (χ1n) is 37.5. The maximum atomic E-state index is 15.1. The second-order valence-electron chi connectivity index (χ2n) is 27.9. The Hall–Kier alpha value is -11.1. The zero-order valence-electron chi connectivity index (χ0n) is 65.9. The first-order valence-corrected chi connectivity index (χ1v) is 42.6. The Morgan fingerprint density at radius 2 is 0.535 bits per heavy atom. The van der Waals surface area contributed by atoms with Gasteiger partial charge in [0.05, 0.1) is 31.1 Å². The fourth-order valence-electron chi connectivity index (χ4n) is 13.7. The summed E-state index contributed by atoms with van der Waals surface area (Å²) in [5.41, 5.74) is 2.65. The van der Waals surface area contributed by atoms with Gasteiger partial charge in [-0.05, 0) is 109 Å². The van der Waals surface area contributed by atoms with Crippen LogP contribution in [0.3, 0.4) is 0 Å². The molecule has 0 saturated carbocycles. The van der Waals surface area contributed by atoms with Crippen molar-refractivity contribution in [2.24, 2.45) is 11.3 Å². The molecule has 0 saturated heterocycles. The smallest absolute Gasteiger partial charge is 0.320 e. The van der Waals surface area contributed by atoms with Gasteiger partial charge in [0.1, 0.15) is 76.7 Å². The molecule has 1 unspecified atom stereocenters. The Balaban J connectivity index is 0.806. The number of benzene rings is 9. The first kappa shape index (κ1) is 86.9. The zero-order chi connectivity index (χ0) is 82.5. The Bertz CT molecular complexity index is 4810. The molecule has 9 aromatic carbocycles. The van der Waals surface area contributed by atoms with E-state index in [4.69, 9.17) is 42.6 Å². The highest BCUT2D eigenvalue weighted by Crippen LogP contribution is 2.52. The van der Waals surface area contributed by atoms with Crippen molar-refractivity contribution in [1.82, 2.24) is 0 Å². The van der Waals surface area contributed by atoms with Crippen molar-refractivity contribution >= 4 is 106 Å². The van der Waals surface area contributed by atoms with Gasteiger partial charge in [-0.25, -0.2) is 0 Å². The van der Waals surface area contributed by atoms with Gasteiger partial charge in [-0.2, -0.15) is 0 Å². The van der Waals surface area contributed by atoms with Gasteiger partial charge in [0.2, 0.25) is 38.0 Å². The third-order valence-electron chi connectivity index (χ3n) is 19.8. The van der Waals surface area contributed by atoms with Gasteiger partial charge in [-0.15, -0.1) is 0 Å². The summed E-state index contributed by atoms with van der Waals surface area (Å²) >= 11 is 0. The Morgan fingerprint density at radius 3 is 0.789 bits per heavy atom. The monoisotopic (exact) mass is 1600 g/mol. The van der Waals surface area contributed by atoms with Gasteiger partial charge in [0, 0.05) is 65.2 Å². The highest BCUT2D eigenvalue weighted by atomic mass is 31.2. The molecule has 0 aliphatic carbocycles. The SMILES string of the molecule is CCC(COC(=O)CCC(=O)OCCOc1c(C)cc(C)c(C(=O)P(=O)(c2ccccc2)c2ccccc2)c1C)(COC(=O)CCC(=O)OCCOc1c(C)cc(C)c(C(=O)P(=O)(c2ccccc2)c2ccccc2)c1C)COC(=O)C(C)C(=O)OCCOc1c(C)cc(C)c(C(=O)P(=O)(c2ccccc2)c2ccccc2)c1C. The van der Waals surface area contributed by atoms with E-state index in [1.54, 1.807) is 269 Å². The standard InChI is InChI=1S/C90H95O21P3/c1-12-90(56-109-77(93)45-43-75(91)103-47-49-105-82-62(5)53-59(2)79(65(82)8)87(97)112(100,69-31-19-13-20-32-69)70-33-21-14-22-34-70,57-110-78(94)46-44-76(92)104-48-50-106-83-63(6)54-60(3)80(66(83)9)88(98)113(101,71-35-23-15-24-36-71)72-37-25-16-26-38-72)58-111-86(96)68(11)85(95)108-52-51-107-84-64(7)55-61(4)81(67(84)10)89(99)114(102,73-39-27-17-28-40-73)74-41-29-18-30-42-74/h13-42,53-55,68H,12,43-52,56-58H2,1-11H3. The van der Waals surface area contributed by atoms with Gasteiger partial charge in [-0.3, -0.25) is 43.2 Å². The van der Waals surface area contributed by atoms with Crippen LogP contribution in [0.1, 0.15) is 127 Å². The molecule has 0 amide bonds. The summed E-state index contributed by atoms with van der Waals surface area (Å²) in [5, 5.41) is 2.24. The average Bonchev–Trinajstić information content (AvgIpc) is 0.760. The summed E-state index contributed by atoms with van der Waals surface area (Å²) in [7, 11) is -11.7. The normalized spacial score (nSPS) is 11.8. The van der Waals surface area contributed by atoms with Crippen LogP contribution in [0.5, 0.6) is 17.2 Å². The van der Waals surface area contributed by atoms with Crippen molar-refractivity contribution in [2.75, 3.05) is 59.5 Å². The number of carbonyl (C=O) groups excluding carboxylic acids is 9. The Kier molecular flexibility index (Phi) is 30.2. The van der Waals surface area contributed by atoms with Gasteiger partial charge < -0.3 is 56.3 Å². The lowest BCUT2D eigenvalue weighted by atomic mass is 9.88. The van der Waals surface area contributed by atoms with Crippen LogP contribution in [-0.2, 0) is 70.9 Å². The Morgan fingerprint density at radius 1 is 0.307 bits per heavy atom. The van der Waals surface area contributed by atoms with E-state index >= 15 is 13.7 Å². The topological polar surface area (TPSA) is 288 Å². The van der Waals surface area contributed by atoms with Crippen molar-refractivity contribution in [3.63, 3.8) is 0 Å². The average molecular weight is 1610 g/mol. The van der Waals surface area contributed by atoms with Crippen LogP contribution in [0.15, 0.2) is 200 Å². The molecule has 0 aliphatic heterocycles. The van der Waals surface area contributed by atoms with Crippen molar-refractivity contribution in [3.8, 4) is 17.2 Å². The van der Waals surface area contributed by atoms with E-state index in [1.165, 1.54) is 6.92 Å². The molecule has 1 atom stereocenters. The van der Waals surface area contributed by atoms with Crippen LogP contribution in [0.4, 0.5) is 0 Å². The van der Waals surface area contributed by atoms with Crippen LogP contribution >= 0.6 is 21.4 Å². The van der Waals surface area contributed by atoms with Crippen molar-refractivity contribution < 1.29 is 99.5 Å². The molecule has 0 bridgehead atoms. The van der Waals surface area contributed by atoms with Crippen LogP contribution in [0.25, 0.3) is 0 Å². The van der Waals surface area contributed by atoms with Gasteiger partial charge in [0.15, 0.2) is 5.92 Å². The van der Waals surface area contributed by atoms with Crippen LogP contribution in [0.2, 0.25) is 0 Å². The molecule has 596 valence electrons. The summed E-state index contributed by atoms with van der Waals surface area (Å²) in [6.45, 7) is 15.6. The second-order valence-corrected chi connectivity index (χ2v) is 35.9. The van der Waals surface area contributed by atoms with E-state index in [0.29, 0.717) is 99.1 Å². The number of esters is 6. The lowest BCUT2D eigenvalue weighted by molar-refractivity contribution is -0.169. The largest absolute Gasteiger partial charge is 0.489 e. The zero-order valence-corrected chi connectivity index (χ0v) is 68.6. The molecule has 0 fully saturated rings. The maximum absolute atomic E-state index is 15.1. The predicted molar refractivity (Wildman–Crippen MR) is 437 cm³/mol. The molecule has 0 heterocycles. The fraction of sp³-hybridized carbons (Fsp3) is 0.300. The summed E-state index contributed by atoms with van der Waals surface area (Å²) in [4.78, 5) is 125. The van der Waals surface area contributed by atoms with E-state index in [2.05, 4.69) is 0 Å². The minimum atomic E-state index is -3.91. The van der Waals surface area contributed by atoms with Gasteiger partial charge in [-0.1, -0.05) is 207 Å². The molecule has 0 N–H and O–H groups in total. The molecule has 21 nitrogen and oxygen atoms in total. The predicted octanol–water partition coefficient (Wildman–Crippen LogP) is 14.3. The van der Waals surface area contributed by atoms with E-state index in [0.717, 1.165) is 0 Å². The fourth-order valence-corrected chi connectivity index (χ4v) is 21.5. The van der Waals surface area contributed by atoms with Gasteiger partial charge >= 0.3 is 35.8 Å². The number of hydrogen-bond acceptors (Lipinski definition) is 21. The van der Waals surface area contributed by atoms with Crippen molar-refractivity contribution in [3.05, 3.63) is 267 Å². The van der Waals surface area contributed by atoms with Gasteiger partial charge in [0.25, 0.3) is 0 Å². The minimum Gasteiger partial charge on any atom is -0.489 e. The molecule has 114 heavy (non-hydrogen) atoms. The molecule has 9 rings (SSSR count). The third-order valence-corrected chi connectivity index (χ3v) is 28.3. The second kappa shape index (κ2) is 39.6. The molecule has 0 spiro atoms. The third kappa shape index (κ3) is 20.3. The summed E-state index contributed by atoms with van der Waals surface area (Å²) in [5.74, 6) is -5.91.